The maximum Gasteiger partial charge on any atom is 0.257 e. The van der Waals surface area contributed by atoms with Crippen LogP contribution in [0.2, 0.25) is 0 Å². The minimum Gasteiger partial charge on any atom is -0.493 e. The third kappa shape index (κ3) is 7.05. The van der Waals surface area contributed by atoms with Crippen molar-refractivity contribution in [3.8, 4) is 11.5 Å². The summed E-state index contributed by atoms with van der Waals surface area (Å²) in [5.74, 6) is 1.03. The number of methoxy groups -OCH3 is 2. The van der Waals surface area contributed by atoms with Gasteiger partial charge in [-0.25, -0.2) is 0 Å². The van der Waals surface area contributed by atoms with E-state index in [1.807, 2.05) is 24.3 Å². The predicted molar refractivity (Wildman–Crippen MR) is 109 cm³/mol. The van der Waals surface area contributed by atoms with Crippen LogP contribution >= 0.6 is 12.4 Å². The summed E-state index contributed by atoms with van der Waals surface area (Å²) in [5, 5.41) is 6.34. The molecule has 0 aromatic heterocycles. The van der Waals surface area contributed by atoms with Crippen molar-refractivity contribution < 1.29 is 19.0 Å². The first-order valence-electron chi connectivity index (χ1n) is 8.99. The largest absolute Gasteiger partial charge is 0.493 e. The van der Waals surface area contributed by atoms with Crippen molar-refractivity contribution in [2.24, 2.45) is 5.41 Å². The van der Waals surface area contributed by atoms with Gasteiger partial charge < -0.3 is 24.8 Å². The summed E-state index contributed by atoms with van der Waals surface area (Å²) >= 11 is 0. The number of amides is 1. The second-order valence-corrected chi connectivity index (χ2v) is 6.73. The molecule has 6 nitrogen and oxygen atoms in total. The summed E-state index contributed by atoms with van der Waals surface area (Å²) in [7, 11) is 3.29. The van der Waals surface area contributed by atoms with E-state index in [-0.39, 0.29) is 30.3 Å². The zero-order valence-corrected chi connectivity index (χ0v) is 17.0. The van der Waals surface area contributed by atoms with Gasteiger partial charge in [0.15, 0.2) is 18.1 Å². The van der Waals surface area contributed by atoms with Gasteiger partial charge in [-0.05, 0) is 50.0 Å². The van der Waals surface area contributed by atoms with Gasteiger partial charge in [0, 0.05) is 19.1 Å². The molecule has 0 unspecified atom stereocenters. The Kier molecular flexibility index (Phi) is 10.2. The number of benzene rings is 1. The molecule has 2 rings (SSSR count). The molecule has 7 heteroatoms. The van der Waals surface area contributed by atoms with Crippen LogP contribution < -0.4 is 20.1 Å². The van der Waals surface area contributed by atoms with E-state index in [4.69, 9.17) is 14.2 Å². The van der Waals surface area contributed by atoms with Crippen LogP contribution in [0, 0.1) is 5.41 Å². The molecule has 1 heterocycles. The number of hydrogen-bond donors (Lipinski definition) is 2. The zero-order valence-electron chi connectivity index (χ0n) is 16.2. The standard InChI is InChI=1S/C20H30N2O4.ClH/c1-4-5-16-6-7-17(18(12-16)25-3)26-13-19(23)22-14-20(15-24-2)8-10-21-11-9-20;/h4,6-7,12,21H,1,5,8-11,13-15H2,2-3H3,(H,22,23);1H. The molecule has 1 fully saturated rings. The van der Waals surface area contributed by atoms with Crippen molar-refractivity contribution in [3.05, 3.63) is 36.4 Å². The lowest BCUT2D eigenvalue weighted by Gasteiger charge is -2.37. The lowest BCUT2D eigenvalue weighted by Crippen LogP contribution is -2.47. The van der Waals surface area contributed by atoms with E-state index in [1.54, 1.807) is 14.2 Å². The van der Waals surface area contributed by atoms with Gasteiger partial charge in [-0.15, -0.1) is 19.0 Å². The fourth-order valence-electron chi connectivity index (χ4n) is 3.24. The summed E-state index contributed by atoms with van der Waals surface area (Å²) in [6, 6.07) is 5.67. The number of rotatable bonds is 10. The van der Waals surface area contributed by atoms with Gasteiger partial charge in [0.25, 0.3) is 5.91 Å². The molecule has 1 aliphatic rings. The molecule has 0 aliphatic carbocycles. The first kappa shape index (κ1) is 23.3. The Labute approximate surface area is 168 Å². The summed E-state index contributed by atoms with van der Waals surface area (Å²) in [6.45, 7) is 6.83. The summed E-state index contributed by atoms with van der Waals surface area (Å²) in [5.41, 5.74) is 1.08. The SMILES string of the molecule is C=CCc1ccc(OCC(=O)NCC2(COC)CCNCC2)c(OC)c1.Cl. The number of carbonyl (C=O) groups excluding carboxylic acids is 1. The van der Waals surface area contributed by atoms with Gasteiger partial charge in [-0.2, -0.15) is 0 Å². The zero-order chi connectivity index (χ0) is 18.8. The number of carbonyl (C=O) groups is 1. The molecular weight excluding hydrogens is 368 g/mol. The Balaban J connectivity index is 0.00000364. The Morgan fingerprint density at radius 2 is 2.04 bits per heavy atom. The average Bonchev–Trinajstić information content (AvgIpc) is 2.66. The molecule has 0 atom stereocenters. The minimum atomic E-state index is -0.142. The quantitative estimate of drug-likeness (QED) is 0.592. The molecule has 1 aromatic carbocycles. The molecule has 1 saturated heterocycles. The molecule has 2 N–H and O–H groups in total. The van der Waals surface area contributed by atoms with Crippen LogP contribution in [0.4, 0.5) is 0 Å². The molecule has 1 aromatic rings. The fraction of sp³-hybridized carbons (Fsp3) is 0.550. The summed E-state index contributed by atoms with van der Waals surface area (Å²) in [6.07, 6.45) is 4.56. The molecule has 152 valence electrons. The molecule has 1 aliphatic heterocycles. The van der Waals surface area contributed by atoms with E-state index in [0.29, 0.717) is 24.7 Å². The minimum absolute atomic E-state index is 0. The van der Waals surface area contributed by atoms with Crippen molar-refractivity contribution in [2.45, 2.75) is 19.3 Å². The number of nitrogens with one attached hydrogen (secondary N) is 2. The van der Waals surface area contributed by atoms with E-state index >= 15 is 0 Å². The lowest BCUT2D eigenvalue weighted by atomic mass is 9.79. The normalized spacial score (nSPS) is 15.3. The number of ether oxygens (including phenoxy) is 3. The van der Waals surface area contributed by atoms with Gasteiger partial charge in [-0.1, -0.05) is 12.1 Å². The third-order valence-corrected chi connectivity index (χ3v) is 4.74. The van der Waals surface area contributed by atoms with E-state index < -0.39 is 0 Å². The second kappa shape index (κ2) is 11.8. The highest BCUT2D eigenvalue weighted by Gasteiger charge is 2.32. The summed E-state index contributed by atoms with van der Waals surface area (Å²) < 4.78 is 16.4. The van der Waals surface area contributed by atoms with Crippen LogP contribution in [0.25, 0.3) is 0 Å². The highest BCUT2D eigenvalue weighted by Crippen LogP contribution is 2.29. The van der Waals surface area contributed by atoms with E-state index in [0.717, 1.165) is 37.9 Å². The number of halogens is 1. The van der Waals surface area contributed by atoms with Gasteiger partial charge in [-0.3, -0.25) is 4.79 Å². The van der Waals surface area contributed by atoms with Crippen molar-refractivity contribution in [1.29, 1.82) is 0 Å². The topological polar surface area (TPSA) is 68.8 Å². The highest BCUT2D eigenvalue weighted by atomic mass is 35.5. The third-order valence-electron chi connectivity index (χ3n) is 4.74. The monoisotopic (exact) mass is 398 g/mol. The van der Waals surface area contributed by atoms with Gasteiger partial charge in [0.05, 0.1) is 13.7 Å². The van der Waals surface area contributed by atoms with Gasteiger partial charge in [0.2, 0.25) is 0 Å². The second-order valence-electron chi connectivity index (χ2n) is 6.73. The fourth-order valence-corrected chi connectivity index (χ4v) is 3.24. The molecule has 0 saturated carbocycles. The highest BCUT2D eigenvalue weighted by molar-refractivity contribution is 5.85. The van der Waals surface area contributed by atoms with Crippen LogP contribution in [0.3, 0.4) is 0 Å². The Bertz CT molecular complexity index is 598. The Morgan fingerprint density at radius 3 is 2.67 bits per heavy atom. The van der Waals surface area contributed by atoms with Crippen LogP contribution in [0.15, 0.2) is 30.9 Å². The van der Waals surface area contributed by atoms with Crippen LogP contribution in [-0.2, 0) is 16.0 Å². The first-order valence-corrected chi connectivity index (χ1v) is 8.99. The first-order chi connectivity index (χ1) is 12.6. The van der Waals surface area contributed by atoms with Crippen molar-refractivity contribution in [3.63, 3.8) is 0 Å². The summed E-state index contributed by atoms with van der Waals surface area (Å²) in [4.78, 5) is 12.2. The van der Waals surface area contributed by atoms with Gasteiger partial charge >= 0.3 is 0 Å². The Morgan fingerprint density at radius 1 is 1.30 bits per heavy atom. The predicted octanol–water partition coefficient (Wildman–Crippen LogP) is 2.36. The number of allylic oxidation sites excluding steroid dienone is 1. The smallest absolute Gasteiger partial charge is 0.257 e. The molecular formula is C20H31ClN2O4. The maximum absolute atomic E-state index is 12.2. The molecule has 27 heavy (non-hydrogen) atoms. The number of hydrogen-bond acceptors (Lipinski definition) is 5. The maximum atomic E-state index is 12.2. The van der Waals surface area contributed by atoms with Gasteiger partial charge in [0.1, 0.15) is 0 Å². The van der Waals surface area contributed by atoms with Crippen LogP contribution in [-0.4, -0.2) is 53.0 Å². The van der Waals surface area contributed by atoms with Crippen molar-refractivity contribution >= 4 is 18.3 Å². The lowest BCUT2D eigenvalue weighted by molar-refractivity contribution is -0.124. The molecule has 0 bridgehead atoms. The van der Waals surface area contributed by atoms with E-state index in [1.165, 1.54) is 0 Å². The van der Waals surface area contributed by atoms with E-state index in [9.17, 15) is 4.79 Å². The Hall–Kier alpha value is -1.76. The van der Waals surface area contributed by atoms with Crippen molar-refractivity contribution in [2.75, 3.05) is 47.1 Å². The molecule has 0 radical (unpaired) electrons. The molecule has 0 spiro atoms. The van der Waals surface area contributed by atoms with E-state index in [2.05, 4.69) is 17.2 Å². The molecule has 1 amide bonds. The van der Waals surface area contributed by atoms with Crippen LogP contribution in [0.5, 0.6) is 11.5 Å². The van der Waals surface area contributed by atoms with Crippen molar-refractivity contribution in [1.82, 2.24) is 10.6 Å². The van der Waals surface area contributed by atoms with Crippen LogP contribution in [0.1, 0.15) is 18.4 Å². The average molecular weight is 399 g/mol. The number of piperidine rings is 1.